The summed E-state index contributed by atoms with van der Waals surface area (Å²) < 4.78 is 33.7. The lowest BCUT2D eigenvalue weighted by atomic mass is 10.2. The van der Waals surface area contributed by atoms with Crippen molar-refractivity contribution in [2.24, 2.45) is 0 Å². The van der Waals surface area contributed by atoms with Gasteiger partial charge in [-0.15, -0.1) is 8.56 Å². The molecular formula is C9H12ClFO2S. The van der Waals surface area contributed by atoms with Crippen molar-refractivity contribution in [3.05, 3.63) is 35.1 Å². The van der Waals surface area contributed by atoms with Crippen LogP contribution in [0.15, 0.2) is 18.2 Å². The maximum Gasteiger partial charge on any atom is 0.126 e. The maximum absolute atomic E-state index is 13.1. The molecule has 0 aromatic heterocycles. The first-order chi connectivity index (χ1) is 6.13. The van der Waals surface area contributed by atoms with Gasteiger partial charge in [0.25, 0.3) is 0 Å². The van der Waals surface area contributed by atoms with E-state index in [4.69, 9.17) is 10.7 Å². The average Bonchev–Trinajstić information content (AvgIpc) is 1.92. The van der Waals surface area contributed by atoms with Gasteiger partial charge in [-0.05, 0) is 24.1 Å². The fraction of sp³-hybridized carbons (Fsp3) is 0.333. The summed E-state index contributed by atoms with van der Waals surface area (Å²) >= 11 is 0. The van der Waals surface area contributed by atoms with E-state index >= 15 is 0 Å². The summed E-state index contributed by atoms with van der Waals surface area (Å²) in [5.74, 6) is -0.633. The van der Waals surface area contributed by atoms with Crippen LogP contribution in [-0.2, 0) is 14.3 Å². The van der Waals surface area contributed by atoms with Crippen molar-refractivity contribution >= 4 is 19.2 Å². The molecule has 0 aliphatic rings. The zero-order valence-corrected chi connectivity index (χ0v) is 9.53. The van der Waals surface area contributed by atoms with E-state index in [0.29, 0.717) is 11.1 Å². The minimum atomic E-state index is -4.11. The van der Waals surface area contributed by atoms with Crippen LogP contribution in [0, 0.1) is 12.7 Å². The van der Waals surface area contributed by atoms with Crippen LogP contribution in [0.3, 0.4) is 0 Å². The molecular weight excluding hydrogens is 227 g/mol. The van der Waals surface area contributed by atoms with E-state index in [1.54, 1.807) is 19.1 Å². The molecule has 0 radical (unpaired) electrons. The smallest absolute Gasteiger partial charge is 0.126 e. The van der Waals surface area contributed by atoms with Crippen LogP contribution < -0.4 is 0 Å². The molecule has 0 fully saturated rings. The monoisotopic (exact) mass is 238 g/mol. The van der Waals surface area contributed by atoms with E-state index in [2.05, 4.69) is 0 Å². The fourth-order valence-electron chi connectivity index (χ4n) is 1.10. The molecule has 80 valence electrons. The van der Waals surface area contributed by atoms with Crippen LogP contribution in [0.1, 0.15) is 11.1 Å². The quantitative estimate of drug-likeness (QED) is 0.805. The maximum atomic E-state index is 13.1. The first kappa shape index (κ1) is 11.6. The second kappa shape index (κ2) is 3.29. The summed E-state index contributed by atoms with van der Waals surface area (Å²) in [6, 6.07) is 4.37. The molecule has 5 heteroatoms. The summed E-state index contributed by atoms with van der Waals surface area (Å²) in [5, 5.41) is 0. The summed E-state index contributed by atoms with van der Waals surface area (Å²) in [7, 11) is 1.29. The molecule has 0 aliphatic heterocycles. The Morgan fingerprint density at radius 1 is 1.57 bits per heavy atom. The highest BCUT2D eigenvalue weighted by molar-refractivity contribution is 8.33. The minimum Gasteiger partial charge on any atom is -0.290 e. The number of halogens is 2. The van der Waals surface area contributed by atoms with Crippen LogP contribution in [0.25, 0.3) is 0 Å². The molecule has 14 heavy (non-hydrogen) atoms. The highest BCUT2D eigenvalue weighted by Gasteiger charge is 2.18. The summed E-state index contributed by atoms with van der Waals surface area (Å²) in [6.45, 7) is 1.62. The van der Waals surface area contributed by atoms with Gasteiger partial charge in [0.1, 0.15) is 5.82 Å². The number of benzene rings is 1. The molecule has 0 aliphatic carbocycles. The van der Waals surface area contributed by atoms with Gasteiger partial charge < -0.3 is 0 Å². The number of hydrogen-bond acceptors (Lipinski definition) is 1. The lowest BCUT2D eigenvalue weighted by Gasteiger charge is -2.30. The van der Waals surface area contributed by atoms with Crippen molar-refractivity contribution < 1.29 is 13.2 Å². The predicted molar refractivity (Wildman–Crippen MR) is 57.4 cm³/mol. The molecule has 1 N–H and O–H groups in total. The molecule has 1 rings (SSSR count). The van der Waals surface area contributed by atoms with E-state index in [1.165, 1.54) is 6.07 Å². The zero-order chi connectivity index (χ0) is 11.0. The van der Waals surface area contributed by atoms with Crippen molar-refractivity contribution in [2.45, 2.75) is 12.7 Å². The summed E-state index contributed by atoms with van der Waals surface area (Å²) in [5.41, 5.74) is 0.922. The van der Waals surface area contributed by atoms with Crippen LogP contribution in [0.2, 0.25) is 0 Å². The Morgan fingerprint density at radius 3 is 2.57 bits per heavy atom. The van der Waals surface area contributed by atoms with Crippen molar-refractivity contribution in [3.8, 4) is 0 Å². The predicted octanol–water partition coefficient (Wildman–Crippen LogP) is 2.71. The molecule has 0 atom stereocenters. The zero-order valence-electron chi connectivity index (χ0n) is 7.96. The largest absolute Gasteiger partial charge is 0.290 e. The van der Waals surface area contributed by atoms with Gasteiger partial charge in [0.05, 0.1) is 5.75 Å². The first-order valence-electron chi connectivity index (χ1n) is 3.98. The molecule has 0 spiro atoms. The Labute approximate surface area is 86.8 Å². The van der Waals surface area contributed by atoms with Crippen LogP contribution in [0.4, 0.5) is 4.39 Å². The van der Waals surface area contributed by atoms with Gasteiger partial charge in [0.2, 0.25) is 0 Å². The normalized spacial score (nSPS) is 14.8. The van der Waals surface area contributed by atoms with E-state index < -0.39 is 14.4 Å². The van der Waals surface area contributed by atoms with Crippen molar-refractivity contribution in [3.63, 3.8) is 0 Å². The molecule has 0 heterocycles. The van der Waals surface area contributed by atoms with Gasteiger partial charge in [0, 0.05) is 16.9 Å². The third-order valence-corrected chi connectivity index (χ3v) is 3.03. The van der Waals surface area contributed by atoms with E-state index in [0.717, 1.165) is 6.26 Å². The van der Waals surface area contributed by atoms with Gasteiger partial charge >= 0.3 is 0 Å². The lowest BCUT2D eigenvalue weighted by molar-refractivity contribution is 0.537. The second-order valence-corrected chi connectivity index (χ2v) is 8.95. The number of aryl methyl sites for hydroxylation is 1. The highest BCUT2D eigenvalue weighted by Crippen LogP contribution is 2.28. The lowest BCUT2D eigenvalue weighted by Crippen LogP contribution is -2.24. The molecule has 0 amide bonds. The van der Waals surface area contributed by atoms with Gasteiger partial charge in [0.15, 0.2) is 0 Å². The van der Waals surface area contributed by atoms with Crippen LogP contribution >= 0.6 is 10.7 Å². The Kier molecular flexibility index (Phi) is 2.73. The fourth-order valence-corrected chi connectivity index (χ4v) is 2.40. The summed E-state index contributed by atoms with van der Waals surface area (Å²) in [6.07, 6.45) is 1.05. The molecule has 2 nitrogen and oxygen atoms in total. The summed E-state index contributed by atoms with van der Waals surface area (Å²) in [4.78, 5) is 0. The Morgan fingerprint density at radius 2 is 2.14 bits per heavy atom. The highest BCUT2D eigenvalue weighted by atomic mass is 35.7. The van der Waals surface area contributed by atoms with Gasteiger partial charge in [-0.25, -0.2) is 4.39 Å². The van der Waals surface area contributed by atoms with E-state index in [9.17, 15) is 13.2 Å². The van der Waals surface area contributed by atoms with Crippen molar-refractivity contribution in [1.82, 2.24) is 0 Å². The standard InChI is InChI=1S/C9H12ClFO2S/c1-7-3-4-8(5-9(7)11)6-14(2,10,12)13/h3-5H,6H2,1-2H3,(H,12,13). The first-order valence-corrected chi connectivity index (χ1v) is 7.31. The van der Waals surface area contributed by atoms with Gasteiger partial charge in [-0.3, -0.25) is 4.55 Å². The molecule has 0 saturated carbocycles. The minimum absolute atomic E-state index is 0.240. The van der Waals surface area contributed by atoms with E-state index in [1.807, 2.05) is 0 Å². The SMILES string of the molecule is Cc1ccc(CS(C)(=O)(O)Cl)cc1F. The number of rotatable bonds is 2. The molecule has 1 aromatic carbocycles. The molecule has 0 saturated heterocycles. The van der Waals surface area contributed by atoms with Crippen LogP contribution in [-0.4, -0.2) is 15.0 Å². The molecule has 0 bridgehead atoms. The Balaban J connectivity index is 3.01. The third kappa shape index (κ3) is 3.74. The van der Waals surface area contributed by atoms with E-state index in [-0.39, 0.29) is 5.75 Å². The average molecular weight is 239 g/mol. The Bertz CT molecular complexity index is 414. The Hall–Kier alpha value is -0.450. The second-order valence-electron chi connectivity index (χ2n) is 3.58. The van der Waals surface area contributed by atoms with Gasteiger partial charge in [-0.1, -0.05) is 12.1 Å². The molecule has 0 unspecified atom stereocenters. The van der Waals surface area contributed by atoms with Crippen molar-refractivity contribution in [1.29, 1.82) is 0 Å². The topological polar surface area (TPSA) is 37.3 Å². The van der Waals surface area contributed by atoms with Crippen molar-refractivity contribution in [2.75, 3.05) is 6.26 Å². The molecule has 1 aromatic rings. The third-order valence-electron chi connectivity index (χ3n) is 1.73. The van der Waals surface area contributed by atoms with Gasteiger partial charge in [-0.2, -0.15) is 4.21 Å². The number of hydrogen-bond donors (Lipinski definition) is 1. The van der Waals surface area contributed by atoms with Crippen LogP contribution in [0.5, 0.6) is 0 Å².